The molecule has 2 rings (SSSR count). The van der Waals surface area contributed by atoms with Crippen LogP contribution < -0.4 is 15.8 Å². The van der Waals surface area contributed by atoms with E-state index in [0.717, 1.165) is 15.0 Å². The van der Waals surface area contributed by atoms with E-state index < -0.39 is 11.7 Å². The number of benzene rings is 2. The van der Waals surface area contributed by atoms with Gasteiger partial charge in [-0.05, 0) is 52.3 Å². The second-order valence-electron chi connectivity index (χ2n) is 4.14. The summed E-state index contributed by atoms with van der Waals surface area (Å²) in [6.07, 6.45) is 0. The molecule has 2 aromatic carbocycles. The number of rotatable bonds is 4. The highest BCUT2D eigenvalue weighted by Gasteiger charge is 2.09. The Kier molecular flexibility index (Phi) is 5.19. The molecule has 3 N–H and O–H groups in total. The molecule has 0 radical (unpaired) electrons. The summed E-state index contributed by atoms with van der Waals surface area (Å²) < 4.78 is 20.1. The molecule has 0 saturated carbocycles. The van der Waals surface area contributed by atoms with Gasteiger partial charge < -0.3 is 15.8 Å². The molecule has 110 valence electrons. The lowest BCUT2D eigenvalue weighted by molar-refractivity contribution is -0.118. The number of hydrogen-bond acceptors (Lipinski definition) is 3. The van der Waals surface area contributed by atoms with Crippen LogP contribution >= 0.6 is 31.9 Å². The first-order valence-corrected chi connectivity index (χ1v) is 7.47. The van der Waals surface area contributed by atoms with Crippen molar-refractivity contribution < 1.29 is 13.9 Å². The number of amides is 1. The number of nitrogens with one attached hydrogen (secondary N) is 1. The van der Waals surface area contributed by atoms with Gasteiger partial charge in [0.25, 0.3) is 5.91 Å². The zero-order valence-corrected chi connectivity index (χ0v) is 13.9. The Morgan fingerprint density at radius 3 is 2.71 bits per heavy atom. The summed E-state index contributed by atoms with van der Waals surface area (Å²) in [6.45, 7) is -0.212. The molecule has 0 saturated heterocycles. The zero-order valence-electron chi connectivity index (χ0n) is 10.7. The van der Waals surface area contributed by atoms with Gasteiger partial charge in [0.1, 0.15) is 11.6 Å². The lowest BCUT2D eigenvalue weighted by atomic mass is 10.2. The van der Waals surface area contributed by atoms with E-state index in [1.807, 2.05) is 0 Å². The minimum absolute atomic E-state index is 0.212. The molecule has 1 amide bonds. The Morgan fingerprint density at radius 1 is 1.24 bits per heavy atom. The first kappa shape index (κ1) is 15.8. The van der Waals surface area contributed by atoms with Crippen LogP contribution in [0.1, 0.15) is 0 Å². The molecule has 0 heterocycles. The number of anilines is 2. The third kappa shape index (κ3) is 4.44. The first-order valence-electron chi connectivity index (χ1n) is 5.88. The van der Waals surface area contributed by atoms with Crippen LogP contribution in [-0.2, 0) is 4.79 Å². The third-order valence-corrected chi connectivity index (χ3v) is 3.66. The lowest BCUT2D eigenvalue weighted by Crippen LogP contribution is -2.21. The van der Waals surface area contributed by atoms with E-state index >= 15 is 0 Å². The normalized spacial score (nSPS) is 10.2. The maximum absolute atomic E-state index is 13.1. The molecule has 0 aliphatic rings. The molecule has 0 unspecified atom stereocenters. The average molecular weight is 418 g/mol. The van der Waals surface area contributed by atoms with Crippen LogP contribution in [-0.4, -0.2) is 12.5 Å². The number of halogens is 3. The molecule has 2 aromatic rings. The minimum Gasteiger partial charge on any atom is -0.483 e. The lowest BCUT2D eigenvalue weighted by Gasteiger charge is -2.10. The van der Waals surface area contributed by atoms with E-state index in [1.54, 1.807) is 18.2 Å². The number of hydrogen-bond donors (Lipinski definition) is 2. The number of nitrogen functional groups attached to an aromatic ring is 1. The molecule has 0 fully saturated rings. The Labute approximate surface area is 137 Å². The zero-order chi connectivity index (χ0) is 15.4. The van der Waals surface area contributed by atoms with Gasteiger partial charge in [0, 0.05) is 4.47 Å². The van der Waals surface area contributed by atoms with Crippen molar-refractivity contribution in [2.45, 2.75) is 0 Å². The SMILES string of the molecule is Nc1ccc(F)cc1NC(=O)COc1ccc(Br)cc1Br. The van der Waals surface area contributed by atoms with Crippen LogP contribution in [0.3, 0.4) is 0 Å². The molecule has 4 nitrogen and oxygen atoms in total. The van der Waals surface area contributed by atoms with Crippen LogP contribution in [0, 0.1) is 5.82 Å². The number of carbonyl (C=O) groups is 1. The largest absolute Gasteiger partial charge is 0.483 e. The van der Waals surface area contributed by atoms with E-state index in [4.69, 9.17) is 10.5 Å². The van der Waals surface area contributed by atoms with Crippen molar-refractivity contribution in [3.05, 3.63) is 51.2 Å². The van der Waals surface area contributed by atoms with Gasteiger partial charge in [0.2, 0.25) is 0 Å². The third-order valence-electron chi connectivity index (χ3n) is 2.54. The van der Waals surface area contributed by atoms with E-state index in [9.17, 15) is 9.18 Å². The fraction of sp³-hybridized carbons (Fsp3) is 0.0714. The fourth-order valence-electron chi connectivity index (χ4n) is 1.56. The Balaban J connectivity index is 1.97. The average Bonchev–Trinajstić information content (AvgIpc) is 2.42. The monoisotopic (exact) mass is 416 g/mol. The van der Waals surface area contributed by atoms with Crippen molar-refractivity contribution in [1.29, 1.82) is 0 Å². The molecule has 7 heteroatoms. The van der Waals surface area contributed by atoms with Crippen LogP contribution in [0.4, 0.5) is 15.8 Å². The second-order valence-corrected chi connectivity index (χ2v) is 5.91. The maximum atomic E-state index is 13.1. The highest BCUT2D eigenvalue weighted by atomic mass is 79.9. The van der Waals surface area contributed by atoms with Crippen molar-refractivity contribution in [3.8, 4) is 5.75 Å². The molecule has 0 spiro atoms. The summed E-state index contributed by atoms with van der Waals surface area (Å²) in [7, 11) is 0. The van der Waals surface area contributed by atoms with Gasteiger partial charge in [-0.2, -0.15) is 0 Å². The van der Waals surface area contributed by atoms with Gasteiger partial charge >= 0.3 is 0 Å². The topological polar surface area (TPSA) is 64.3 Å². The van der Waals surface area contributed by atoms with E-state index in [0.29, 0.717) is 5.75 Å². The van der Waals surface area contributed by atoms with Gasteiger partial charge in [-0.3, -0.25) is 4.79 Å². The number of ether oxygens (including phenoxy) is 1. The highest BCUT2D eigenvalue weighted by molar-refractivity contribution is 9.11. The van der Waals surface area contributed by atoms with Crippen LogP contribution in [0.5, 0.6) is 5.75 Å². The van der Waals surface area contributed by atoms with E-state index in [1.165, 1.54) is 12.1 Å². The quantitative estimate of drug-likeness (QED) is 0.740. The highest BCUT2D eigenvalue weighted by Crippen LogP contribution is 2.28. The Bertz CT molecular complexity index is 680. The van der Waals surface area contributed by atoms with Crippen LogP contribution in [0.15, 0.2) is 45.3 Å². The Morgan fingerprint density at radius 2 is 2.00 bits per heavy atom. The Hall–Kier alpha value is -1.60. The molecule has 0 aliphatic heterocycles. The smallest absolute Gasteiger partial charge is 0.262 e. The van der Waals surface area contributed by atoms with Crippen LogP contribution in [0.25, 0.3) is 0 Å². The van der Waals surface area contributed by atoms with Gasteiger partial charge in [0.15, 0.2) is 6.61 Å². The summed E-state index contributed by atoms with van der Waals surface area (Å²) in [6, 6.07) is 9.08. The molecule has 0 bridgehead atoms. The van der Waals surface area contributed by atoms with Gasteiger partial charge in [0.05, 0.1) is 15.8 Å². The summed E-state index contributed by atoms with van der Waals surface area (Å²) in [5.41, 5.74) is 6.16. The molecule has 0 aromatic heterocycles. The molecule has 21 heavy (non-hydrogen) atoms. The van der Waals surface area contributed by atoms with E-state index in [-0.39, 0.29) is 18.0 Å². The van der Waals surface area contributed by atoms with Crippen LogP contribution in [0.2, 0.25) is 0 Å². The molecular formula is C14H11Br2FN2O2. The predicted molar refractivity (Wildman–Crippen MR) is 86.8 cm³/mol. The van der Waals surface area contributed by atoms with Crippen molar-refractivity contribution in [2.24, 2.45) is 0 Å². The molecular weight excluding hydrogens is 407 g/mol. The van der Waals surface area contributed by atoms with Crippen molar-refractivity contribution in [3.63, 3.8) is 0 Å². The number of nitrogens with two attached hydrogens (primary N) is 1. The van der Waals surface area contributed by atoms with Gasteiger partial charge in [-0.25, -0.2) is 4.39 Å². The van der Waals surface area contributed by atoms with Gasteiger partial charge in [-0.1, -0.05) is 15.9 Å². The van der Waals surface area contributed by atoms with Crippen molar-refractivity contribution in [2.75, 3.05) is 17.7 Å². The summed E-state index contributed by atoms with van der Waals surface area (Å²) >= 11 is 6.65. The standard InChI is InChI=1S/C14H11Br2FN2O2/c15-8-1-4-13(10(16)5-8)21-7-14(20)19-12-6-9(17)2-3-11(12)18/h1-6H,7,18H2,(H,19,20). The van der Waals surface area contributed by atoms with E-state index in [2.05, 4.69) is 37.2 Å². The molecule has 0 atom stereocenters. The fourth-order valence-corrected chi connectivity index (χ4v) is 2.72. The predicted octanol–water partition coefficient (Wildman–Crippen LogP) is 3.95. The van der Waals surface area contributed by atoms with Crippen molar-refractivity contribution in [1.82, 2.24) is 0 Å². The number of carbonyl (C=O) groups excluding carboxylic acids is 1. The second kappa shape index (κ2) is 6.91. The summed E-state index contributed by atoms with van der Waals surface area (Å²) in [5, 5.41) is 2.50. The van der Waals surface area contributed by atoms with Crippen molar-refractivity contribution >= 4 is 49.1 Å². The maximum Gasteiger partial charge on any atom is 0.262 e. The minimum atomic E-state index is -0.476. The molecule has 0 aliphatic carbocycles. The summed E-state index contributed by atoms with van der Waals surface area (Å²) in [5.74, 6) is -0.376. The summed E-state index contributed by atoms with van der Waals surface area (Å²) in [4.78, 5) is 11.8. The van der Waals surface area contributed by atoms with Gasteiger partial charge in [-0.15, -0.1) is 0 Å². The first-order chi connectivity index (χ1) is 9.95.